The van der Waals surface area contributed by atoms with Gasteiger partial charge in [0.05, 0.1) is 19.4 Å². The molecule has 2 aromatic rings. The molecule has 1 atom stereocenters. The van der Waals surface area contributed by atoms with Gasteiger partial charge in [0.15, 0.2) is 11.6 Å². The molecule has 2 aliphatic heterocycles. The Morgan fingerprint density at radius 1 is 1.29 bits per heavy atom. The van der Waals surface area contributed by atoms with E-state index in [1.165, 1.54) is 0 Å². The van der Waals surface area contributed by atoms with E-state index in [2.05, 4.69) is 20.5 Å². The molecule has 0 unspecified atom stereocenters. The molecule has 1 saturated carbocycles. The van der Waals surface area contributed by atoms with Gasteiger partial charge in [0.25, 0.3) is 5.91 Å². The number of amides is 3. The highest BCUT2D eigenvalue weighted by atomic mass is 16.5. The van der Waals surface area contributed by atoms with Gasteiger partial charge in [-0.25, -0.2) is 14.8 Å². The standard InChI is InChI=1S/C22H26N6O3/c1-22-13-31-10-9-28(22)19-17(27(20(22)29)12-14-3-4-14)11-24-18(26-19)15-5-7-16(8-6-15)25-21(30)23-2/h5-8,11,14H,3-4,9-10,12-13H2,1-2H3,(H2,23,25,30)/t22-/m0/s1. The number of rotatable bonds is 4. The maximum atomic E-state index is 13.4. The van der Waals surface area contributed by atoms with Crippen molar-refractivity contribution < 1.29 is 14.3 Å². The monoisotopic (exact) mass is 422 g/mol. The van der Waals surface area contributed by atoms with Crippen LogP contribution in [0, 0.1) is 5.92 Å². The highest BCUT2D eigenvalue weighted by Gasteiger charge is 2.51. The first-order valence-corrected chi connectivity index (χ1v) is 10.6. The Kier molecular flexibility index (Phi) is 4.77. The van der Waals surface area contributed by atoms with Gasteiger partial charge in [0.2, 0.25) is 0 Å². The van der Waals surface area contributed by atoms with Gasteiger partial charge in [-0.1, -0.05) is 0 Å². The first kappa shape index (κ1) is 19.7. The number of urea groups is 1. The van der Waals surface area contributed by atoms with Crippen molar-refractivity contribution in [1.82, 2.24) is 15.3 Å². The minimum absolute atomic E-state index is 0.0626. The molecule has 0 radical (unpaired) electrons. The Morgan fingerprint density at radius 2 is 2.06 bits per heavy atom. The van der Waals surface area contributed by atoms with E-state index in [1.54, 1.807) is 13.2 Å². The van der Waals surface area contributed by atoms with E-state index in [4.69, 9.17) is 9.72 Å². The molecule has 3 aliphatic rings. The van der Waals surface area contributed by atoms with Gasteiger partial charge in [-0.15, -0.1) is 0 Å². The molecule has 3 amide bonds. The predicted molar refractivity (Wildman–Crippen MR) is 117 cm³/mol. The molecule has 3 heterocycles. The van der Waals surface area contributed by atoms with Crippen LogP contribution in [0.4, 0.5) is 22.0 Å². The van der Waals surface area contributed by atoms with Gasteiger partial charge in [-0.3, -0.25) is 4.79 Å². The summed E-state index contributed by atoms with van der Waals surface area (Å²) in [5.74, 6) is 1.98. The summed E-state index contributed by atoms with van der Waals surface area (Å²) in [6, 6.07) is 7.11. The van der Waals surface area contributed by atoms with E-state index in [0.717, 1.165) is 29.9 Å². The number of carbonyl (C=O) groups excluding carboxylic acids is 2. The second-order valence-corrected chi connectivity index (χ2v) is 8.52. The zero-order chi connectivity index (χ0) is 21.6. The lowest BCUT2D eigenvalue weighted by molar-refractivity contribution is -0.127. The summed E-state index contributed by atoms with van der Waals surface area (Å²) in [6.45, 7) is 4.17. The van der Waals surface area contributed by atoms with E-state index in [-0.39, 0.29) is 11.9 Å². The Hall–Kier alpha value is -3.20. The molecule has 5 rings (SSSR count). The van der Waals surface area contributed by atoms with E-state index >= 15 is 0 Å². The number of hydrogen-bond acceptors (Lipinski definition) is 6. The minimum atomic E-state index is -0.757. The maximum absolute atomic E-state index is 13.4. The van der Waals surface area contributed by atoms with Crippen LogP contribution in [0.25, 0.3) is 11.4 Å². The first-order chi connectivity index (χ1) is 15.0. The molecule has 1 aromatic heterocycles. The predicted octanol–water partition coefficient (Wildman–Crippen LogP) is 2.25. The minimum Gasteiger partial charge on any atom is -0.377 e. The third-order valence-electron chi connectivity index (χ3n) is 6.21. The summed E-state index contributed by atoms with van der Waals surface area (Å²) in [5, 5.41) is 5.27. The van der Waals surface area contributed by atoms with Crippen LogP contribution < -0.4 is 20.4 Å². The van der Waals surface area contributed by atoms with Crippen LogP contribution in [0.5, 0.6) is 0 Å². The fraction of sp³-hybridized carbons (Fsp3) is 0.455. The normalized spacial score (nSPS) is 22.6. The van der Waals surface area contributed by atoms with Crippen LogP contribution in [0.15, 0.2) is 30.5 Å². The van der Waals surface area contributed by atoms with Crippen molar-refractivity contribution in [1.29, 1.82) is 0 Å². The van der Waals surface area contributed by atoms with E-state index in [9.17, 15) is 9.59 Å². The number of hydrogen-bond donors (Lipinski definition) is 2. The topological polar surface area (TPSA) is 99.7 Å². The lowest BCUT2D eigenvalue weighted by atomic mass is 9.93. The van der Waals surface area contributed by atoms with Crippen molar-refractivity contribution in [3.63, 3.8) is 0 Å². The zero-order valence-electron chi connectivity index (χ0n) is 17.7. The summed E-state index contributed by atoms with van der Waals surface area (Å²) in [7, 11) is 1.57. The van der Waals surface area contributed by atoms with Gasteiger partial charge in [-0.05, 0) is 49.9 Å². The number of nitrogens with one attached hydrogen (secondary N) is 2. The molecule has 2 N–H and O–H groups in total. The van der Waals surface area contributed by atoms with Crippen molar-refractivity contribution in [3.8, 4) is 11.4 Å². The Bertz CT molecular complexity index is 1020. The van der Waals surface area contributed by atoms with Gasteiger partial charge in [-0.2, -0.15) is 0 Å². The average Bonchev–Trinajstić information content (AvgIpc) is 3.61. The zero-order valence-corrected chi connectivity index (χ0v) is 17.7. The fourth-order valence-corrected chi connectivity index (χ4v) is 4.20. The van der Waals surface area contributed by atoms with Crippen LogP contribution in [0.1, 0.15) is 19.8 Å². The van der Waals surface area contributed by atoms with E-state index in [1.807, 2.05) is 36.1 Å². The molecule has 9 heteroatoms. The van der Waals surface area contributed by atoms with Gasteiger partial charge < -0.3 is 25.2 Å². The lowest BCUT2D eigenvalue weighted by Gasteiger charge is -2.50. The molecule has 0 bridgehead atoms. The van der Waals surface area contributed by atoms with Gasteiger partial charge in [0, 0.05) is 31.4 Å². The number of fused-ring (bicyclic) bond motifs is 3. The number of morpholine rings is 1. The lowest BCUT2D eigenvalue weighted by Crippen LogP contribution is -2.67. The number of nitrogens with zero attached hydrogens (tertiary/aromatic N) is 4. The molecular formula is C22H26N6O3. The number of anilines is 3. The second kappa shape index (κ2) is 7.49. The fourth-order valence-electron chi connectivity index (χ4n) is 4.20. The van der Waals surface area contributed by atoms with Crippen molar-refractivity contribution in [2.75, 3.05) is 48.5 Å². The summed E-state index contributed by atoms with van der Waals surface area (Å²) >= 11 is 0. The molecule has 2 fully saturated rings. The Balaban J connectivity index is 1.51. The summed E-state index contributed by atoms with van der Waals surface area (Å²) < 4.78 is 5.69. The quantitative estimate of drug-likeness (QED) is 0.784. The number of carbonyl (C=O) groups is 2. The molecular weight excluding hydrogens is 396 g/mol. The molecule has 1 aliphatic carbocycles. The highest BCUT2D eigenvalue weighted by molar-refractivity contribution is 6.08. The molecule has 1 aromatic carbocycles. The maximum Gasteiger partial charge on any atom is 0.318 e. The van der Waals surface area contributed by atoms with Gasteiger partial charge >= 0.3 is 6.03 Å². The summed E-state index contributed by atoms with van der Waals surface area (Å²) in [5.41, 5.74) is 1.54. The number of ether oxygens (including phenoxy) is 1. The van der Waals surface area contributed by atoms with Crippen molar-refractivity contribution in [3.05, 3.63) is 30.5 Å². The molecule has 9 nitrogen and oxygen atoms in total. The van der Waals surface area contributed by atoms with Crippen LogP contribution in [0.3, 0.4) is 0 Å². The highest BCUT2D eigenvalue weighted by Crippen LogP contribution is 2.43. The van der Waals surface area contributed by atoms with E-state index in [0.29, 0.717) is 43.7 Å². The molecule has 162 valence electrons. The van der Waals surface area contributed by atoms with Crippen LogP contribution in [-0.4, -0.2) is 60.8 Å². The van der Waals surface area contributed by atoms with Crippen LogP contribution in [-0.2, 0) is 9.53 Å². The van der Waals surface area contributed by atoms with Gasteiger partial charge in [0.1, 0.15) is 11.2 Å². The largest absolute Gasteiger partial charge is 0.377 e. The SMILES string of the molecule is CNC(=O)Nc1ccc(-c2ncc3c(n2)N2CCOC[C@@]2(C)C(=O)N3CC2CC2)cc1. The number of benzene rings is 1. The van der Waals surface area contributed by atoms with Crippen LogP contribution >= 0.6 is 0 Å². The third-order valence-corrected chi connectivity index (χ3v) is 6.21. The van der Waals surface area contributed by atoms with Crippen molar-refractivity contribution in [2.45, 2.75) is 25.3 Å². The smallest absolute Gasteiger partial charge is 0.318 e. The Morgan fingerprint density at radius 3 is 2.77 bits per heavy atom. The average molecular weight is 422 g/mol. The number of aromatic nitrogens is 2. The van der Waals surface area contributed by atoms with E-state index < -0.39 is 5.54 Å². The van der Waals surface area contributed by atoms with Crippen LogP contribution in [0.2, 0.25) is 0 Å². The van der Waals surface area contributed by atoms with Crippen molar-refractivity contribution >= 4 is 29.1 Å². The second-order valence-electron chi connectivity index (χ2n) is 8.52. The summed E-state index contributed by atoms with van der Waals surface area (Å²) in [6.07, 6.45) is 4.08. The first-order valence-electron chi connectivity index (χ1n) is 10.6. The third kappa shape index (κ3) is 3.48. The Labute approximate surface area is 180 Å². The molecule has 31 heavy (non-hydrogen) atoms. The molecule has 0 spiro atoms. The molecule has 1 saturated heterocycles. The van der Waals surface area contributed by atoms with Crippen molar-refractivity contribution in [2.24, 2.45) is 5.92 Å². The summed E-state index contributed by atoms with van der Waals surface area (Å²) in [4.78, 5) is 38.3.